The van der Waals surface area contributed by atoms with E-state index in [0.717, 1.165) is 5.56 Å². The van der Waals surface area contributed by atoms with E-state index in [9.17, 15) is 8.42 Å². The molecule has 1 aromatic carbocycles. The fraction of sp³-hybridized carbons (Fsp3) is 0.571. The van der Waals surface area contributed by atoms with E-state index < -0.39 is 28.3 Å². The van der Waals surface area contributed by atoms with Gasteiger partial charge >= 0.3 is 7.12 Å². The van der Waals surface area contributed by atoms with Gasteiger partial charge in [-0.25, -0.2) is 13.6 Å². The summed E-state index contributed by atoms with van der Waals surface area (Å²) in [4.78, 5) is 0.118. The first-order valence-corrected chi connectivity index (χ1v) is 8.39. The highest BCUT2D eigenvalue weighted by Gasteiger charge is 2.51. The van der Waals surface area contributed by atoms with Crippen LogP contribution in [-0.2, 0) is 19.3 Å². The van der Waals surface area contributed by atoms with Crippen LogP contribution in [0.1, 0.15) is 38.8 Å². The van der Waals surface area contributed by atoms with Crippen LogP contribution in [0.3, 0.4) is 0 Å². The first-order chi connectivity index (χ1) is 9.35. The van der Waals surface area contributed by atoms with Crippen molar-refractivity contribution in [2.75, 3.05) is 0 Å². The lowest BCUT2D eigenvalue weighted by Gasteiger charge is -2.32. The fourth-order valence-corrected chi connectivity index (χ4v) is 3.15. The van der Waals surface area contributed by atoms with Crippen LogP contribution in [0.2, 0.25) is 0 Å². The van der Waals surface area contributed by atoms with Gasteiger partial charge in [-0.1, -0.05) is 6.07 Å². The van der Waals surface area contributed by atoms with Crippen molar-refractivity contribution >= 4 is 22.6 Å². The number of hydrogen-bond acceptors (Lipinski definition) is 4. The highest BCUT2D eigenvalue weighted by Crippen LogP contribution is 2.36. The van der Waals surface area contributed by atoms with Crippen molar-refractivity contribution < 1.29 is 17.7 Å². The predicted octanol–water partition coefficient (Wildman–Crippen LogP) is 1.25. The number of aryl methyl sites for hydroxylation is 1. The summed E-state index contributed by atoms with van der Waals surface area (Å²) in [5.74, 6) is 0. The van der Waals surface area contributed by atoms with Crippen LogP contribution in [0, 0.1) is 13.8 Å². The molecule has 5 nitrogen and oxygen atoms in total. The maximum atomic E-state index is 11.7. The van der Waals surface area contributed by atoms with Crippen molar-refractivity contribution in [1.29, 1.82) is 0 Å². The molecule has 0 saturated carbocycles. The van der Waals surface area contributed by atoms with Crippen LogP contribution in [0.5, 0.6) is 0 Å². The van der Waals surface area contributed by atoms with Gasteiger partial charge in [-0.3, -0.25) is 0 Å². The second-order valence-corrected chi connectivity index (χ2v) is 8.12. The molecule has 2 N–H and O–H groups in total. The molecular weight excluding hydrogens is 289 g/mol. The van der Waals surface area contributed by atoms with Crippen LogP contribution in [0.4, 0.5) is 0 Å². The molecule has 1 aliphatic rings. The molecule has 0 aromatic heterocycles. The van der Waals surface area contributed by atoms with Crippen LogP contribution < -0.4 is 10.6 Å². The van der Waals surface area contributed by atoms with E-state index in [4.69, 9.17) is 14.4 Å². The van der Waals surface area contributed by atoms with Crippen molar-refractivity contribution in [1.82, 2.24) is 0 Å². The summed E-state index contributed by atoms with van der Waals surface area (Å²) in [5.41, 5.74) is 1.21. The third-order valence-corrected chi connectivity index (χ3v) is 5.51. The summed E-state index contributed by atoms with van der Waals surface area (Å²) >= 11 is 0. The van der Waals surface area contributed by atoms with E-state index in [0.29, 0.717) is 11.0 Å². The van der Waals surface area contributed by atoms with Gasteiger partial charge in [-0.05, 0) is 64.2 Å². The van der Waals surface area contributed by atoms with E-state index in [1.807, 2.05) is 40.7 Å². The summed E-state index contributed by atoms with van der Waals surface area (Å²) in [7, 11) is -4.38. The summed E-state index contributed by atoms with van der Waals surface area (Å²) in [6.07, 6.45) is 0. The molecule has 2 rings (SSSR count). The lowest BCUT2D eigenvalue weighted by Crippen LogP contribution is -2.41. The molecule has 116 valence electrons. The average molecular weight is 311 g/mol. The Morgan fingerprint density at radius 2 is 1.52 bits per heavy atom. The van der Waals surface area contributed by atoms with Crippen molar-refractivity contribution in [2.24, 2.45) is 5.14 Å². The van der Waals surface area contributed by atoms with Gasteiger partial charge in [-0.15, -0.1) is 0 Å². The molecule has 1 heterocycles. The topological polar surface area (TPSA) is 78.6 Å². The molecule has 7 heteroatoms. The van der Waals surface area contributed by atoms with Gasteiger partial charge in [0, 0.05) is 0 Å². The maximum Gasteiger partial charge on any atom is 0.494 e. The summed E-state index contributed by atoms with van der Waals surface area (Å²) < 4.78 is 35.4. The molecular formula is C14H22BNO4S. The molecule has 21 heavy (non-hydrogen) atoms. The Kier molecular flexibility index (Phi) is 3.78. The van der Waals surface area contributed by atoms with Crippen molar-refractivity contribution in [3.8, 4) is 0 Å². The zero-order chi connectivity index (χ0) is 16.2. The molecule has 1 saturated heterocycles. The molecule has 0 amide bonds. The number of sulfonamides is 1. The largest absolute Gasteiger partial charge is 0.494 e. The minimum absolute atomic E-state index is 0.118. The van der Waals surface area contributed by atoms with Crippen molar-refractivity contribution in [3.63, 3.8) is 0 Å². The van der Waals surface area contributed by atoms with E-state index in [2.05, 4.69) is 0 Å². The van der Waals surface area contributed by atoms with Crippen molar-refractivity contribution in [2.45, 2.75) is 57.6 Å². The van der Waals surface area contributed by atoms with Gasteiger partial charge in [0.25, 0.3) is 0 Å². The zero-order valence-electron chi connectivity index (χ0n) is 13.4. The Labute approximate surface area is 127 Å². The maximum absolute atomic E-state index is 11.7. The number of benzene rings is 1. The number of rotatable bonds is 2. The highest BCUT2D eigenvalue weighted by atomic mass is 32.2. The molecule has 0 aliphatic carbocycles. The molecule has 0 radical (unpaired) electrons. The van der Waals surface area contributed by atoms with E-state index in [1.54, 1.807) is 13.0 Å². The highest BCUT2D eigenvalue weighted by molar-refractivity contribution is 7.89. The third kappa shape index (κ3) is 2.88. The molecule has 0 unspecified atom stereocenters. The van der Waals surface area contributed by atoms with Gasteiger partial charge in [0.15, 0.2) is 0 Å². The first-order valence-electron chi connectivity index (χ1n) is 6.85. The monoisotopic (exact) mass is 311 g/mol. The smallest absolute Gasteiger partial charge is 0.399 e. The van der Waals surface area contributed by atoms with Crippen LogP contribution in [-0.4, -0.2) is 26.7 Å². The van der Waals surface area contributed by atoms with Gasteiger partial charge < -0.3 is 9.31 Å². The lowest BCUT2D eigenvalue weighted by atomic mass is 9.78. The minimum atomic E-state index is -3.78. The fourth-order valence-electron chi connectivity index (χ4n) is 2.26. The minimum Gasteiger partial charge on any atom is -0.399 e. The summed E-state index contributed by atoms with van der Waals surface area (Å²) in [5, 5.41) is 5.29. The third-order valence-electron chi connectivity index (χ3n) is 4.47. The van der Waals surface area contributed by atoms with Gasteiger partial charge in [0.05, 0.1) is 16.1 Å². The molecule has 1 fully saturated rings. The molecule has 0 atom stereocenters. The lowest BCUT2D eigenvalue weighted by molar-refractivity contribution is 0.00578. The standard InChI is InChI=1S/C14H22BNO4S/c1-9-7-11(8-12(10(9)2)21(16,17)18)15-19-13(3,4)14(5,6)20-15/h7-8H,1-6H3,(H2,16,17,18). The molecule has 1 aromatic rings. The predicted molar refractivity (Wildman–Crippen MR) is 83.0 cm³/mol. The van der Waals surface area contributed by atoms with E-state index in [-0.39, 0.29) is 4.90 Å². The SMILES string of the molecule is Cc1cc(B2OC(C)(C)C(C)(C)O2)cc(S(N)(=O)=O)c1C. The number of primary sulfonamides is 1. The molecule has 0 bridgehead atoms. The van der Waals surface area contributed by atoms with Crippen LogP contribution >= 0.6 is 0 Å². The molecule has 1 aliphatic heterocycles. The van der Waals surface area contributed by atoms with Gasteiger partial charge in [0.1, 0.15) is 0 Å². The second kappa shape index (κ2) is 4.81. The normalized spacial score (nSPS) is 20.8. The Balaban J connectivity index is 2.51. The first kappa shape index (κ1) is 16.5. The van der Waals surface area contributed by atoms with Gasteiger partial charge in [0.2, 0.25) is 10.0 Å². The number of nitrogens with two attached hydrogens (primary N) is 1. The zero-order valence-corrected chi connectivity index (χ0v) is 14.2. The Bertz CT molecular complexity index is 666. The summed E-state index contributed by atoms with van der Waals surface area (Å²) in [6.45, 7) is 11.4. The second-order valence-electron chi connectivity index (χ2n) is 6.59. The van der Waals surface area contributed by atoms with Crippen LogP contribution in [0.15, 0.2) is 17.0 Å². The quantitative estimate of drug-likeness (QED) is 0.834. The Morgan fingerprint density at radius 1 is 1.05 bits per heavy atom. The summed E-state index contributed by atoms with van der Waals surface area (Å²) in [6, 6.07) is 3.42. The average Bonchev–Trinajstić information content (AvgIpc) is 2.50. The van der Waals surface area contributed by atoms with Crippen molar-refractivity contribution in [3.05, 3.63) is 23.3 Å². The Hall–Kier alpha value is -0.885. The van der Waals surface area contributed by atoms with Crippen LogP contribution in [0.25, 0.3) is 0 Å². The van der Waals surface area contributed by atoms with E-state index >= 15 is 0 Å². The Morgan fingerprint density at radius 3 is 1.95 bits per heavy atom. The van der Waals surface area contributed by atoms with E-state index in [1.165, 1.54) is 0 Å². The van der Waals surface area contributed by atoms with Gasteiger partial charge in [-0.2, -0.15) is 0 Å². The molecule has 0 spiro atoms. The number of hydrogen-bond donors (Lipinski definition) is 1.